The van der Waals surface area contributed by atoms with Crippen LogP contribution in [-0.2, 0) is 11.3 Å². The molecule has 0 aliphatic carbocycles. The van der Waals surface area contributed by atoms with Crippen molar-refractivity contribution in [3.05, 3.63) is 20.8 Å². The first kappa shape index (κ1) is 13.1. The number of ether oxygens (including phenoxy) is 1. The standard InChI is InChI=1S/C10H17BrN2OS/c1-14-6-5-12-3-4-13-8-10-9(11)2-7-15-10/h2,7,12-13H,3-6,8H2,1H3. The number of rotatable bonds is 8. The highest BCUT2D eigenvalue weighted by molar-refractivity contribution is 9.10. The van der Waals surface area contributed by atoms with E-state index in [2.05, 4.69) is 38.0 Å². The molecule has 1 aromatic heterocycles. The van der Waals surface area contributed by atoms with Crippen LogP contribution in [0.5, 0.6) is 0 Å². The molecule has 1 aromatic rings. The first-order valence-electron chi connectivity index (χ1n) is 4.97. The van der Waals surface area contributed by atoms with Crippen LogP contribution in [0.15, 0.2) is 15.9 Å². The van der Waals surface area contributed by atoms with Gasteiger partial charge in [0.15, 0.2) is 0 Å². The van der Waals surface area contributed by atoms with Gasteiger partial charge in [-0.1, -0.05) is 0 Å². The molecule has 2 N–H and O–H groups in total. The van der Waals surface area contributed by atoms with Gasteiger partial charge >= 0.3 is 0 Å². The molecule has 0 fully saturated rings. The topological polar surface area (TPSA) is 33.3 Å². The molecule has 1 heterocycles. The molecule has 15 heavy (non-hydrogen) atoms. The van der Waals surface area contributed by atoms with Crippen LogP contribution in [0.2, 0.25) is 0 Å². The number of thiophene rings is 1. The minimum atomic E-state index is 0.774. The molecule has 0 aliphatic heterocycles. The van der Waals surface area contributed by atoms with E-state index in [9.17, 15) is 0 Å². The Hall–Kier alpha value is 0.0600. The lowest BCUT2D eigenvalue weighted by Crippen LogP contribution is -2.29. The summed E-state index contributed by atoms with van der Waals surface area (Å²) >= 11 is 5.28. The third-order valence-corrected chi connectivity index (χ3v) is 3.86. The van der Waals surface area contributed by atoms with Gasteiger partial charge in [-0.15, -0.1) is 11.3 Å². The second-order valence-corrected chi connectivity index (χ2v) is 4.97. The van der Waals surface area contributed by atoms with Crippen LogP contribution in [0.1, 0.15) is 4.88 Å². The largest absolute Gasteiger partial charge is 0.383 e. The molecule has 86 valence electrons. The number of halogens is 1. The van der Waals surface area contributed by atoms with Crippen LogP contribution in [0.25, 0.3) is 0 Å². The third-order valence-electron chi connectivity index (χ3n) is 1.94. The maximum atomic E-state index is 4.94. The monoisotopic (exact) mass is 292 g/mol. The van der Waals surface area contributed by atoms with Gasteiger partial charge in [0.05, 0.1) is 6.61 Å². The zero-order valence-corrected chi connectivity index (χ0v) is 11.3. The molecular formula is C10H17BrN2OS. The summed E-state index contributed by atoms with van der Waals surface area (Å²) in [6, 6.07) is 2.08. The average molecular weight is 293 g/mol. The lowest BCUT2D eigenvalue weighted by molar-refractivity contribution is 0.199. The maximum Gasteiger partial charge on any atom is 0.0587 e. The predicted octanol–water partition coefficient (Wildman–Crippen LogP) is 1.84. The number of hydrogen-bond acceptors (Lipinski definition) is 4. The van der Waals surface area contributed by atoms with Gasteiger partial charge in [-0.05, 0) is 27.4 Å². The SMILES string of the molecule is COCCNCCNCc1sccc1Br. The van der Waals surface area contributed by atoms with E-state index in [-0.39, 0.29) is 0 Å². The van der Waals surface area contributed by atoms with Gasteiger partial charge in [-0.2, -0.15) is 0 Å². The van der Waals surface area contributed by atoms with Crippen molar-refractivity contribution in [2.45, 2.75) is 6.54 Å². The number of hydrogen-bond donors (Lipinski definition) is 2. The first-order valence-corrected chi connectivity index (χ1v) is 6.64. The van der Waals surface area contributed by atoms with Crippen molar-refractivity contribution < 1.29 is 4.74 Å². The summed E-state index contributed by atoms with van der Waals surface area (Å²) in [5.41, 5.74) is 0. The molecule has 0 radical (unpaired) electrons. The molecule has 1 rings (SSSR count). The van der Waals surface area contributed by atoms with E-state index in [1.54, 1.807) is 18.4 Å². The van der Waals surface area contributed by atoms with Gasteiger partial charge in [0, 0.05) is 42.6 Å². The smallest absolute Gasteiger partial charge is 0.0587 e. The molecule has 0 spiro atoms. The lowest BCUT2D eigenvalue weighted by Gasteiger charge is -2.05. The molecule has 3 nitrogen and oxygen atoms in total. The summed E-state index contributed by atoms with van der Waals surface area (Å²) < 4.78 is 6.14. The average Bonchev–Trinajstić information content (AvgIpc) is 2.63. The third kappa shape index (κ3) is 5.63. The van der Waals surface area contributed by atoms with Crippen LogP contribution >= 0.6 is 27.3 Å². The van der Waals surface area contributed by atoms with E-state index in [4.69, 9.17) is 4.74 Å². The summed E-state index contributed by atoms with van der Waals surface area (Å²) in [6.45, 7) is 4.59. The summed E-state index contributed by atoms with van der Waals surface area (Å²) in [4.78, 5) is 1.35. The second-order valence-electron chi connectivity index (χ2n) is 3.11. The summed E-state index contributed by atoms with van der Waals surface area (Å²) in [5.74, 6) is 0. The fraction of sp³-hybridized carbons (Fsp3) is 0.600. The Morgan fingerprint density at radius 2 is 2.13 bits per heavy atom. The minimum absolute atomic E-state index is 0.774. The molecule has 0 saturated carbocycles. The highest BCUT2D eigenvalue weighted by Crippen LogP contribution is 2.21. The van der Waals surface area contributed by atoms with E-state index in [0.717, 1.165) is 32.8 Å². The van der Waals surface area contributed by atoms with E-state index < -0.39 is 0 Å². The zero-order valence-electron chi connectivity index (χ0n) is 8.88. The van der Waals surface area contributed by atoms with E-state index >= 15 is 0 Å². The molecule has 0 atom stereocenters. The van der Waals surface area contributed by atoms with E-state index in [1.165, 1.54) is 9.35 Å². The molecule has 5 heteroatoms. The van der Waals surface area contributed by atoms with Gasteiger partial charge in [-0.3, -0.25) is 0 Å². The summed E-state index contributed by atoms with van der Waals surface area (Å²) in [7, 11) is 1.72. The highest BCUT2D eigenvalue weighted by atomic mass is 79.9. The molecule has 0 saturated heterocycles. The molecule has 0 aliphatic rings. The highest BCUT2D eigenvalue weighted by Gasteiger charge is 1.99. The Balaban J connectivity index is 1.96. The van der Waals surface area contributed by atoms with Crippen molar-refractivity contribution in [3.8, 4) is 0 Å². The van der Waals surface area contributed by atoms with Crippen molar-refractivity contribution in [2.75, 3.05) is 33.4 Å². The Bertz CT molecular complexity index is 268. The Labute approximate surface area is 103 Å². The quantitative estimate of drug-likeness (QED) is 0.718. The molecule has 0 unspecified atom stereocenters. The van der Waals surface area contributed by atoms with Crippen LogP contribution in [0.4, 0.5) is 0 Å². The second kappa shape index (κ2) is 8.24. The lowest BCUT2D eigenvalue weighted by atomic mass is 10.4. The van der Waals surface area contributed by atoms with Crippen LogP contribution in [-0.4, -0.2) is 33.4 Å². The van der Waals surface area contributed by atoms with Gasteiger partial charge in [-0.25, -0.2) is 0 Å². The van der Waals surface area contributed by atoms with Crippen molar-refractivity contribution in [3.63, 3.8) is 0 Å². The molecule has 0 amide bonds. The van der Waals surface area contributed by atoms with E-state index in [1.807, 2.05) is 0 Å². The Morgan fingerprint density at radius 1 is 1.33 bits per heavy atom. The van der Waals surface area contributed by atoms with Crippen LogP contribution < -0.4 is 10.6 Å². The predicted molar refractivity (Wildman–Crippen MR) is 68.5 cm³/mol. The normalized spacial score (nSPS) is 10.8. The minimum Gasteiger partial charge on any atom is -0.383 e. The fourth-order valence-electron chi connectivity index (χ4n) is 1.13. The van der Waals surface area contributed by atoms with Crippen LogP contribution in [0, 0.1) is 0 Å². The van der Waals surface area contributed by atoms with Crippen molar-refractivity contribution in [1.82, 2.24) is 10.6 Å². The van der Waals surface area contributed by atoms with Gasteiger partial charge in [0.25, 0.3) is 0 Å². The number of nitrogens with one attached hydrogen (secondary N) is 2. The molecular weight excluding hydrogens is 276 g/mol. The van der Waals surface area contributed by atoms with Crippen molar-refractivity contribution >= 4 is 27.3 Å². The fourth-order valence-corrected chi connectivity index (χ4v) is 2.59. The molecule has 0 aromatic carbocycles. The number of methoxy groups -OCH3 is 1. The zero-order chi connectivity index (χ0) is 10.9. The van der Waals surface area contributed by atoms with Crippen molar-refractivity contribution in [1.29, 1.82) is 0 Å². The van der Waals surface area contributed by atoms with E-state index in [0.29, 0.717) is 0 Å². The van der Waals surface area contributed by atoms with Gasteiger partial charge in [0.2, 0.25) is 0 Å². The molecule has 0 bridgehead atoms. The maximum absolute atomic E-state index is 4.94. The van der Waals surface area contributed by atoms with Gasteiger partial charge in [0.1, 0.15) is 0 Å². The summed E-state index contributed by atoms with van der Waals surface area (Å²) in [5, 5.41) is 8.76. The Morgan fingerprint density at radius 3 is 2.80 bits per heavy atom. The van der Waals surface area contributed by atoms with Crippen molar-refractivity contribution in [2.24, 2.45) is 0 Å². The van der Waals surface area contributed by atoms with Gasteiger partial charge < -0.3 is 15.4 Å². The van der Waals surface area contributed by atoms with Crippen LogP contribution in [0.3, 0.4) is 0 Å². The summed E-state index contributed by atoms with van der Waals surface area (Å²) in [6.07, 6.45) is 0. The first-order chi connectivity index (χ1) is 7.34. The Kier molecular flexibility index (Phi) is 7.21.